The predicted octanol–water partition coefficient (Wildman–Crippen LogP) is 1.70. The van der Waals surface area contributed by atoms with Crippen LogP contribution in [0.2, 0.25) is 0 Å². The summed E-state index contributed by atoms with van der Waals surface area (Å²) in [7, 11) is 0. The maximum Gasteiger partial charge on any atom is 0.243 e. The highest BCUT2D eigenvalue weighted by Crippen LogP contribution is 2.32. The summed E-state index contributed by atoms with van der Waals surface area (Å²) in [5.74, 6) is -2.75. The lowest BCUT2D eigenvalue weighted by Gasteiger charge is -2.26. The summed E-state index contributed by atoms with van der Waals surface area (Å²) in [5.41, 5.74) is 8.29. The number of fused-ring (bicyclic) bond motifs is 2. The van der Waals surface area contributed by atoms with Crippen LogP contribution < -0.4 is 32.3 Å². The molecule has 1 aliphatic carbocycles. The Balaban J connectivity index is 1.10. The Hall–Kier alpha value is -5.89. The van der Waals surface area contributed by atoms with Gasteiger partial charge in [0.05, 0.1) is 18.7 Å². The molecule has 14 heteroatoms. The van der Waals surface area contributed by atoms with Gasteiger partial charge in [0.15, 0.2) is 11.6 Å². The summed E-state index contributed by atoms with van der Waals surface area (Å²) in [6.45, 7) is 4.21. The van der Waals surface area contributed by atoms with Gasteiger partial charge in [0.2, 0.25) is 29.5 Å². The molecule has 0 saturated carbocycles. The summed E-state index contributed by atoms with van der Waals surface area (Å²) < 4.78 is 0. The van der Waals surface area contributed by atoms with Crippen LogP contribution in [0.1, 0.15) is 76.9 Å². The zero-order valence-corrected chi connectivity index (χ0v) is 31.2. The second-order valence-corrected chi connectivity index (χ2v) is 14.2. The Labute approximate surface area is 320 Å². The van der Waals surface area contributed by atoms with Crippen LogP contribution in [0.5, 0.6) is 0 Å². The van der Waals surface area contributed by atoms with Gasteiger partial charge in [-0.2, -0.15) is 0 Å². The maximum atomic E-state index is 13.4. The average Bonchev–Trinajstić information content (AvgIpc) is 3.69. The van der Waals surface area contributed by atoms with Crippen LogP contribution in [-0.4, -0.2) is 96.9 Å². The maximum absolute atomic E-state index is 13.4. The molecule has 1 saturated heterocycles. The molecule has 14 nitrogen and oxygen atoms in total. The van der Waals surface area contributed by atoms with Crippen LogP contribution in [0.25, 0.3) is 0 Å². The summed E-state index contributed by atoms with van der Waals surface area (Å²) in [5, 5.41) is 14.1. The monoisotopic (exact) mass is 751 g/mol. The van der Waals surface area contributed by atoms with Crippen molar-refractivity contribution in [2.45, 2.75) is 64.1 Å². The topological polar surface area (TPSA) is 209 Å². The van der Waals surface area contributed by atoms with E-state index in [1.54, 1.807) is 42.5 Å². The van der Waals surface area contributed by atoms with Gasteiger partial charge in [-0.15, -0.1) is 0 Å². The molecule has 2 aliphatic rings. The fourth-order valence-corrected chi connectivity index (χ4v) is 6.95. The molecule has 0 radical (unpaired) electrons. The number of anilines is 1. The smallest absolute Gasteiger partial charge is 0.243 e. The fraction of sp³-hybridized carbons (Fsp3) is 0.390. The second kappa shape index (κ2) is 18.9. The number of carbonyl (C=O) groups is 7. The van der Waals surface area contributed by atoms with Crippen molar-refractivity contribution in [3.8, 4) is 0 Å². The lowest BCUT2D eigenvalue weighted by molar-refractivity contribution is -0.139. The fourth-order valence-electron chi connectivity index (χ4n) is 6.95. The Morgan fingerprint density at radius 3 is 2.18 bits per heavy atom. The third kappa shape index (κ3) is 10.2. The zero-order chi connectivity index (χ0) is 39.5. The Kier molecular flexibility index (Phi) is 13.9. The van der Waals surface area contributed by atoms with Crippen LogP contribution in [0.3, 0.4) is 0 Å². The first-order valence-corrected chi connectivity index (χ1v) is 18.7. The van der Waals surface area contributed by atoms with Crippen molar-refractivity contribution >= 4 is 46.8 Å². The van der Waals surface area contributed by atoms with E-state index in [0.29, 0.717) is 66.8 Å². The Morgan fingerprint density at radius 1 is 0.782 bits per heavy atom. The van der Waals surface area contributed by atoms with E-state index < -0.39 is 41.8 Å². The molecule has 5 amide bonds. The van der Waals surface area contributed by atoms with Crippen molar-refractivity contribution in [3.05, 3.63) is 101 Å². The lowest BCUT2D eigenvalue weighted by atomic mass is 9.83. The number of benzene rings is 3. The van der Waals surface area contributed by atoms with Crippen LogP contribution in [-0.2, 0) is 30.4 Å². The number of amides is 5. The number of hydrogen-bond donors (Lipinski definition) is 6. The normalized spacial score (nSPS) is 15.7. The molecule has 1 fully saturated rings. The van der Waals surface area contributed by atoms with Gasteiger partial charge in [-0.25, -0.2) is 0 Å². The molecule has 1 heterocycles. The molecule has 0 spiro atoms. The molecule has 3 aromatic carbocycles. The average molecular weight is 752 g/mol. The van der Waals surface area contributed by atoms with Gasteiger partial charge in [-0.3, -0.25) is 33.6 Å². The number of carbonyl (C=O) groups excluding carboxylic acids is 7. The molecular weight excluding hydrogens is 702 g/mol. The minimum atomic E-state index is -0.976. The molecule has 55 heavy (non-hydrogen) atoms. The van der Waals surface area contributed by atoms with E-state index in [2.05, 4.69) is 26.6 Å². The van der Waals surface area contributed by atoms with Crippen molar-refractivity contribution in [2.75, 3.05) is 38.0 Å². The summed E-state index contributed by atoms with van der Waals surface area (Å²) in [6, 6.07) is 18.4. The quantitative estimate of drug-likeness (QED) is 0.0867. The molecule has 290 valence electrons. The first-order valence-electron chi connectivity index (χ1n) is 18.7. The Bertz CT molecular complexity index is 1920. The van der Waals surface area contributed by atoms with E-state index in [9.17, 15) is 33.6 Å². The number of nitrogens with two attached hydrogens (primary N) is 1. The molecular formula is C41H49N7O7. The second-order valence-electron chi connectivity index (χ2n) is 14.2. The van der Waals surface area contributed by atoms with E-state index in [1.165, 1.54) is 4.90 Å². The van der Waals surface area contributed by atoms with Gasteiger partial charge in [0.25, 0.3) is 0 Å². The summed E-state index contributed by atoms with van der Waals surface area (Å²) >= 11 is 0. The number of rotatable bonds is 17. The van der Waals surface area contributed by atoms with Crippen molar-refractivity contribution < 1.29 is 33.6 Å². The number of likely N-dealkylation sites (tertiary alicyclic amines) is 1. The van der Waals surface area contributed by atoms with E-state index >= 15 is 0 Å². The third-order valence-corrected chi connectivity index (χ3v) is 9.67. The van der Waals surface area contributed by atoms with Crippen LogP contribution in [0.15, 0.2) is 72.8 Å². The van der Waals surface area contributed by atoms with Crippen LogP contribution >= 0.6 is 0 Å². The highest BCUT2D eigenvalue weighted by atomic mass is 16.2. The van der Waals surface area contributed by atoms with Gasteiger partial charge in [0.1, 0.15) is 18.1 Å². The van der Waals surface area contributed by atoms with Gasteiger partial charge in [-0.1, -0.05) is 80.6 Å². The number of nitrogens with zero attached hydrogens (tertiary/aromatic N) is 1. The molecule has 7 N–H and O–H groups in total. The Morgan fingerprint density at radius 2 is 1.47 bits per heavy atom. The summed E-state index contributed by atoms with van der Waals surface area (Å²) in [4.78, 5) is 93.1. The molecule has 3 aromatic rings. The number of ketones is 2. The first kappa shape index (κ1) is 40.3. The van der Waals surface area contributed by atoms with Gasteiger partial charge < -0.3 is 37.2 Å². The first-order chi connectivity index (χ1) is 26.5. The molecule has 0 aromatic heterocycles. The standard InChI is InChI=1S/C41H49N7O7/c1-25(2)21-31(47-40(54)32(46-34(49)23-42)22-26-11-4-3-5-12-26)39(53)45-24-35(50)48-20-9-17-33(48)41(55)44-19-10-18-43-30-16-8-15-29-36(30)38(52)28-14-7-6-13-27(28)37(29)51/h3-8,11-16,25,31-33,43H,9-10,17-24,42H2,1-2H3,(H,44,55)(H,45,53)(H,46,49)(H,47,54)/t31-,32-,33+/m0/s1. The molecule has 0 bridgehead atoms. The van der Waals surface area contributed by atoms with E-state index in [0.717, 1.165) is 5.56 Å². The minimum absolute atomic E-state index is 0.0158. The van der Waals surface area contributed by atoms with Gasteiger partial charge in [-0.05, 0) is 43.2 Å². The summed E-state index contributed by atoms with van der Waals surface area (Å²) in [6.07, 6.45) is 2.08. The molecule has 0 unspecified atom stereocenters. The van der Waals surface area contributed by atoms with Gasteiger partial charge in [0, 0.05) is 48.4 Å². The third-order valence-electron chi connectivity index (χ3n) is 9.67. The van der Waals surface area contributed by atoms with Crippen LogP contribution in [0, 0.1) is 5.92 Å². The molecule has 5 rings (SSSR count). The molecule has 1 aliphatic heterocycles. The minimum Gasteiger partial charge on any atom is -0.384 e. The SMILES string of the molecule is CC(C)C[C@H](NC(=O)[C@H](Cc1ccccc1)NC(=O)CN)C(=O)NCC(=O)N1CCC[C@@H]1C(=O)NCCCNc1cccc2c1C(=O)c1ccccc1C2=O. The highest BCUT2D eigenvalue weighted by molar-refractivity contribution is 6.30. The lowest BCUT2D eigenvalue weighted by Crippen LogP contribution is -2.56. The van der Waals surface area contributed by atoms with Crippen molar-refractivity contribution in [3.63, 3.8) is 0 Å². The van der Waals surface area contributed by atoms with Crippen molar-refractivity contribution in [1.29, 1.82) is 0 Å². The van der Waals surface area contributed by atoms with E-state index in [-0.39, 0.29) is 49.3 Å². The van der Waals surface area contributed by atoms with E-state index in [1.807, 2.05) is 44.2 Å². The van der Waals surface area contributed by atoms with Crippen LogP contribution in [0.4, 0.5) is 5.69 Å². The highest BCUT2D eigenvalue weighted by Gasteiger charge is 2.35. The zero-order valence-electron chi connectivity index (χ0n) is 31.2. The predicted molar refractivity (Wildman–Crippen MR) is 206 cm³/mol. The van der Waals surface area contributed by atoms with E-state index in [4.69, 9.17) is 5.73 Å². The largest absolute Gasteiger partial charge is 0.384 e. The number of hydrogen-bond acceptors (Lipinski definition) is 9. The van der Waals surface area contributed by atoms with Gasteiger partial charge >= 0.3 is 0 Å². The number of nitrogens with one attached hydrogen (secondary N) is 5. The van der Waals surface area contributed by atoms with Crippen molar-refractivity contribution in [1.82, 2.24) is 26.2 Å². The molecule has 3 atom stereocenters. The van der Waals surface area contributed by atoms with Crippen molar-refractivity contribution in [2.24, 2.45) is 11.7 Å².